The number of hydrogen-bond donors (Lipinski definition) is 2. The summed E-state index contributed by atoms with van der Waals surface area (Å²) in [6.07, 6.45) is 4.26. The lowest BCUT2D eigenvalue weighted by Crippen LogP contribution is -2.38. The Bertz CT molecular complexity index is 981. The van der Waals surface area contributed by atoms with E-state index in [2.05, 4.69) is 28.3 Å². The molecule has 0 saturated carbocycles. The number of ketones is 1. The van der Waals surface area contributed by atoms with Crippen LogP contribution in [0.1, 0.15) is 43.2 Å². The minimum atomic E-state index is -0.383. The molecule has 1 aromatic heterocycles. The zero-order valence-corrected chi connectivity index (χ0v) is 16.8. The van der Waals surface area contributed by atoms with E-state index >= 15 is 0 Å². The van der Waals surface area contributed by atoms with Crippen LogP contribution in [-0.4, -0.2) is 28.6 Å². The molecule has 6 nitrogen and oxygen atoms in total. The summed E-state index contributed by atoms with van der Waals surface area (Å²) in [6.45, 7) is 2.09. The van der Waals surface area contributed by atoms with Crippen LogP contribution in [0.3, 0.4) is 0 Å². The molecule has 0 fully saturated rings. The second-order valence-electron chi connectivity index (χ2n) is 7.00. The topological polar surface area (TPSA) is 84.1 Å². The van der Waals surface area contributed by atoms with Crippen molar-refractivity contribution in [2.45, 2.75) is 37.3 Å². The molecule has 4 rings (SSSR count). The number of hydrogen-bond acceptors (Lipinski definition) is 6. The lowest BCUT2D eigenvalue weighted by molar-refractivity contribution is -0.122. The highest BCUT2D eigenvalue weighted by atomic mass is 32.2. The number of nitrogens with one attached hydrogen (secondary N) is 2. The van der Waals surface area contributed by atoms with E-state index in [-0.39, 0.29) is 23.2 Å². The molecule has 7 heteroatoms. The molecule has 0 amide bonds. The number of thioether (sulfide) groups is 1. The average molecular weight is 398 g/mol. The number of methoxy groups -OCH3 is 1. The van der Waals surface area contributed by atoms with Crippen molar-refractivity contribution in [2.75, 3.05) is 18.2 Å². The van der Waals surface area contributed by atoms with Crippen molar-refractivity contribution in [1.29, 1.82) is 0 Å². The van der Waals surface area contributed by atoms with Gasteiger partial charge < -0.3 is 15.0 Å². The summed E-state index contributed by atoms with van der Waals surface area (Å²) in [6, 6.07) is 7.58. The van der Waals surface area contributed by atoms with E-state index < -0.39 is 0 Å². The molecular weight excluding hydrogens is 374 g/mol. The smallest absolute Gasteiger partial charge is 0.257 e. The summed E-state index contributed by atoms with van der Waals surface area (Å²) in [4.78, 5) is 33.4. The first-order valence-corrected chi connectivity index (χ1v) is 10.5. The second kappa shape index (κ2) is 7.83. The molecule has 0 bridgehead atoms. The van der Waals surface area contributed by atoms with E-state index in [4.69, 9.17) is 4.74 Å². The molecule has 2 aliphatic rings. The van der Waals surface area contributed by atoms with Gasteiger partial charge in [-0.2, -0.15) is 0 Å². The molecule has 2 heterocycles. The standard InChI is InChI=1S/C21H23N3O3S/c1-3-11-28-21-23-19-18(20(26)24-21)16(12-7-9-13(27-2)10-8-12)17-14(22-19)5-4-6-15(17)25/h5,7-10,16-17H,3-4,6,11H2,1-2H3,(H2,22,23,24,26)/t16-,17-/m0/s1. The first kappa shape index (κ1) is 18.8. The van der Waals surface area contributed by atoms with Crippen LogP contribution in [0.2, 0.25) is 0 Å². The minimum absolute atomic E-state index is 0.153. The normalized spacial score (nSPS) is 20.6. The molecule has 2 atom stereocenters. The fourth-order valence-electron chi connectivity index (χ4n) is 3.91. The second-order valence-corrected chi connectivity index (χ2v) is 8.08. The van der Waals surface area contributed by atoms with Crippen molar-refractivity contribution in [2.24, 2.45) is 5.92 Å². The maximum absolute atomic E-state index is 13.0. The Kier molecular flexibility index (Phi) is 5.26. The van der Waals surface area contributed by atoms with Crippen molar-refractivity contribution in [1.82, 2.24) is 9.97 Å². The average Bonchev–Trinajstić information content (AvgIpc) is 2.71. The highest BCUT2D eigenvalue weighted by molar-refractivity contribution is 7.99. The molecule has 2 aromatic rings. The van der Waals surface area contributed by atoms with Gasteiger partial charge >= 0.3 is 0 Å². The predicted molar refractivity (Wildman–Crippen MR) is 110 cm³/mol. The van der Waals surface area contributed by atoms with E-state index in [0.29, 0.717) is 29.4 Å². The predicted octanol–water partition coefficient (Wildman–Crippen LogP) is 3.70. The summed E-state index contributed by atoms with van der Waals surface area (Å²) in [5.41, 5.74) is 2.11. The fourth-order valence-corrected chi connectivity index (χ4v) is 4.62. The first-order valence-electron chi connectivity index (χ1n) is 9.53. The number of ether oxygens (including phenoxy) is 1. The van der Waals surface area contributed by atoms with Gasteiger partial charge in [0, 0.05) is 23.8 Å². The molecule has 28 heavy (non-hydrogen) atoms. The van der Waals surface area contributed by atoms with Crippen LogP contribution in [-0.2, 0) is 4.79 Å². The highest BCUT2D eigenvalue weighted by Crippen LogP contribution is 2.45. The van der Waals surface area contributed by atoms with E-state index in [1.807, 2.05) is 24.3 Å². The van der Waals surface area contributed by atoms with Gasteiger partial charge in [-0.1, -0.05) is 36.9 Å². The van der Waals surface area contributed by atoms with Gasteiger partial charge in [0.05, 0.1) is 18.6 Å². The third kappa shape index (κ3) is 3.35. The van der Waals surface area contributed by atoms with Gasteiger partial charge in [-0.05, 0) is 30.5 Å². The van der Waals surface area contributed by atoms with Crippen molar-refractivity contribution in [3.05, 3.63) is 57.5 Å². The van der Waals surface area contributed by atoms with Gasteiger partial charge in [-0.3, -0.25) is 9.59 Å². The minimum Gasteiger partial charge on any atom is -0.497 e. The van der Waals surface area contributed by atoms with E-state index in [1.165, 1.54) is 11.8 Å². The number of H-pyrrole nitrogens is 1. The lowest BCUT2D eigenvalue weighted by atomic mass is 9.72. The van der Waals surface area contributed by atoms with Gasteiger partial charge in [0.2, 0.25) is 0 Å². The summed E-state index contributed by atoms with van der Waals surface area (Å²) in [7, 11) is 1.62. The highest BCUT2D eigenvalue weighted by Gasteiger charge is 2.42. The van der Waals surface area contributed by atoms with Crippen LogP contribution in [0, 0.1) is 5.92 Å². The SMILES string of the molecule is CCCSc1nc2c(c(=O)[nH]1)[C@@H](c1ccc(OC)cc1)[C@@H]1C(=O)CCC=C1N2. The van der Waals surface area contributed by atoms with Gasteiger partial charge in [-0.15, -0.1) is 0 Å². The molecule has 1 aliphatic heterocycles. The molecule has 0 unspecified atom stereocenters. The first-order chi connectivity index (χ1) is 13.6. The van der Waals surface area contributed by atoms with Crippen molar-refractivity contribution in [3.8, 4) is 5.75 Å². The molecule has 0 saturated heterocycles. The van der Waals surface area contributed by atoms with E-state index in [9.17, 15) is 9.59 Å². The van der Waals surface area contributed by atoms with Crippen LogP contribution < -0.4 is 15.6 Å². The van der Waals surface area contributed by atoms with Crippen molar-refractivity contribution in [3.63, 3.8) is 0 Å². The number of nitrogens with zero attached hydrogens (tertiary/aromatic N) is 1. The Morgan fingerprint density at radius 3 is 2.71 bits per heavy atom. The van der Waals surface area contributed by atoms with Gasteiger partial charge in [0.15, 0.2) is 5.16 Å². The number of carbonyl (C=O) groups excluding carboxylic acids is 1. The summed E-state index contributed by atoms with van der Waals surface area (Å²) in [5, 5.41) is 3.88. The van der Waals surface area contributed by atoms with Gasteiger partial charge in [0.1, 0.15) is 17.4 Å². The number of allylic oxidation sites excluding steroid dienone is 2. The number of carbonyl (C=O) groups is 1. The third-order valence-electron chi connectivity index (χ3n) is 5.20. The Labute approximate surface area is 167 Å². The van der Waals surface area contributed by atoms with Crippen LogP contribution in [0.4, 0.5) is 5.82 Å². The van der Waals surface area contributed by atoms with Crippen molar-refractivity contribution < 1.29 is 9.53 Å². The number of rotatable bonds is 5. The quantitative estimate of drug-likeness (QED) is 0.591. The Morgan fingerprint density at radius 2 is 2.00 bits per heavy atom. The Balaban J connectivity index is 1.86. The van der Waals surface area contributed by atoms with Crippen molar-refractivity contribution >= 4 is 23.4 Å². The molecular formula is C21H23N3O3S. The zero-order chi connectivity index (χ0) is 19.7. The van der Waals surface area contributed by atoms with Crippen LogP contribution in [0.15, 0.2) is 46.0 Å². The Hall–Kier alpha value is -2.54. The molecule has 146 valence electrons. The third-order valence-corrected chi connectivity index (χ3v) is 6.27. The number of anilines is 1. The number of fused-ring (bicyclic) bond motifs is 2. The number of benzene rings is 1. The van der Waals surface area contributed by atoms with Gasteiger partial charge in [-0.25, -0.2) is 4.98 Å². The summed E-state index contributed by atoms with van der Waals surface area (Å²) in [5.74, 6) is 1.59. The van der Waals surface area contributed by atoms with Crippen LogP contribution in [0.5, 0.6) is 5.75 Å². The lowest BCUT2D eigenvalue weighted by Gasteiger charge is -2.36. The largest absolute Gasteiger partial charge is 0.497 e. The van der Waals surface area contributed by atoms with E-state index in [0.717, 1.165) is 29.2 Å². The maximum atomic E-state index is 13.0. The van der Waals surface area contributed by atoms with Gasteiger partial charge in [0.25, 0.3) is 5.56 Å². The maximum Gasteiger partial charge on any atom is 0.257 e. The zero-order valence-electron chi connectivity index (χ0n) is 16.0. The monoisotopic (exact) mass is 397 g/mol. The van der Waals surface area contributed by atoms with Crippen LogP contribution in [0.25, 0.3) is 0 Å². The molecule has 0 radical (unpaired) electrons. The molecule has 1 aromatic carbocycles. The van der Waals surface area contributed by atoms with Crippen LogP contribution >= 0.6 is 11.8 Å². The molecule has 0 spiro atoms. The molecule has 1 aliphatic carbocycles. The van der Waals surface area contributed by atoms with E-state index in [1.54, 1.807) is 7.11 Å². The number of Topliss-reactive ketones (excluding diaryl/α,β-unsaturated/α-hetero) is 1. The summed E-state index contributed by atoms with van der Waals surface area (Å²) >= 11 is 1.53. The number of aromatic nitrogens is 2. The fraction of sp³-hybridized carbons (Fsp3) is 0.381. The Morgan fingerprint density at radius 1 is 1.21 bits per heavy atom. The summed E-state index contributed by atoms with van der Waals surface area (Å²) < 4.78 is 5.26. The molecule has 2 N–H and O–H groups in total. The number of aromatic amines is 1.